The van der Waals surface area contributed by atoms with Crippen molar-refractivity contribution in [1.29, 1.82) is 0 Å². The Bertz CT molecular complexity index is 316. The lowest BCUT2D eigenvalue weighted by atomic mass is 10.2. The van der Waals surface area contributed by atoms with Gasteiger partial charge in [-0.3, -0.25) is 10.2 Å². The van der Waals surface area contributed by atoms with Gasteiger partial charge in [0.1, 0.15) is 5.82 Å². The number of amides is 1. The van der Waals surface area contributed by atoms with Gasteiger partial charge in [-0.1, -0.05) is 11.6 Å². The van der Waals surface area contributed by atoms with Crippen LogP contribution in [0.1, 0.15) is 10.4 Å². The maximum atomic E-state index is 12.6. The zero-order valence-corrected chi connectivity index (χ0v) is 6.73. The van der Waals surface area contributed by atoms with Gasteiger partial charge in [0, 0.05) is 5.56 Å². The number of nitrogens with one attached hydrogen (secondary N) is 1. The third kappa shape index (κ3) is 1.72. The van der Waals surface area contributed by atoms with Gasteiger partial charge in [0.2, 0.25) is 0 Å². The number of benzene rings is 1. The largest absolute Gasteiger partial charge is 0.290 e. The van der Waals surface area contributed by atoms with E-state index in [2.05, 4.69) is 0 Å². The van der Waals surface area contributed by atoms with Crippen molar-refractivity contribution in [3.05, 3.63) is 34.6 Å². The van der Waals surface area contributed by atoms with Crippen LogP contribution in [0.2, 0.25) is 5.02 Å². The lowest BCUT2D eigenvalue weighted by Gasteiger charge is -1.99. The molecular weight excluding hydrogens is 183 g/mol. The van der Waals surface area contributed by atoms with Crippen molar-refractivity contribution in [3.8, 4) is 0 Å². The standard InChI is InChI=1S/C7H6ClFN2O/c8-5-3-4(7(12)11-10)1-2-6(5)9/h1-3H,10H2,(H,11,12). The van der Waals surface area contributed by atoms with Gasteiger partial charge >= 0.3 is 0 Å². The van der Waals surface area contributed by atoms with Crippen LogP contribution in [0.15, 0.2) is 18.2 Å². The summed E-state index contributed by atoms with van der Waals surface area (Å²) in [7, 11) is 0. The van der Waals surface area contributed by atoms with Crippen LogP contribution in [0, 0.1) is 5.82 Å². The third-order valence-electron chi connectivity index (χ3n) is 1.31. The van der Waals surface area contributed by atoms with Gasteiger partial charge in [-0.25, -0.2) is 10.2 Å². The first-order valence-corrected chi connectivity index (χ1v) is 3.49. The van der Waals surface area contributed by atoms with Crippen molar-refractivity contribution in [2.45, 2.75) is 0 Å². The summed E-state index contributed by atoms with van der Waals surface area (Å²) in [6, 6.07) is 3.61. The number of hydrogen-bond acceptors (Lipinski definition) is 2. The van der Waals surface area contributed by atoms with E-state index in [1.54, 1.807) is 0 Å². The number of hydrogen-bond donors (Lipinski definition) is 2. The number of carbonyl (C=O) groups excluding carboxylic acids is 1. The first-order chi connectivity index (χ1) is 5.65. The fourth-order valence-corrected chi connectivity index (χ4v) is 0.901. The molecule has 64 valence electrons. The van der Waals surface area contributed by atoms with Gasteiger partial charge in [0.15, 0.2) is 0 Å². The van der Waals surface area contributed by atoms with Crippen molar-refractivity contribution >= 4 is 17.5 Å². The zero-order valence-electron chi connectivity index (χ0n) is 5.97. The highest BCUT2D eigenvalue weighted by atomic mass is 35.5. The van der Waals surface area contributed by atoms with Crippen LogP contribution in [0.4, 0.5) is 4.39 Å². The third-order valence-corrected chi connectivity index (χ3v) is 1.60. The van der Waals surface area contributed by atoms with Crippen molar-refractivity contribution in [3.63, 3.8) is 0 Å². The fourth-order valence-electron chi connectivity index (χ4n) is 0.721. The normalized spacial score (nSPS) is 9.58. The fraction of sp³-hybridized carbons (Fsp3) is 0. The molecule has 0 unspecified atom stereocenters. The van der Waals surface area contributed by atoms with Crippen molar-refractivity contribution in [2.24, 2.45) is 5.84 Å². The summed E-state index contributed by atoms with van der Waals surface area (Å²) in [4.78, 5) is 10.9. The molecule has 1 aromatic rings. The predicted molar refractivity (Wildman–Crippen MR) is 43.1 cm³/mol. The molecule has 3 nitrogen and oxygen atoms in total. The van der Waals surface area contributed by atoms with Gasteiger partial charge in [0.25, 0.3) is 5.91 Å². The van der Waals surface area contributed by atoms with E-state index in [0.717, 1.165) is 6.07 Å². The molecule has 0 spiro atoms. The minimum Gasteiger partial charge on any atom is -0.290 e. The molecule has 0 aromatic heterocycles. The smallest absolute Gasteiger partial charge is 0.265 e. The monoisotopic (exact) mass is 188 g/mol. The predicted octanol–water partition coefficient (Wildman–Crippen LogP) is 1.08. The molecule has 1 amide bonds. The SMILES string of the molecule is NNC(=O)c1ccc(F)c(Cl)c1. The highest BCUT2D eigenvalue weighted by molar-refractivity contribution is 6.31. The number of carbonyl (C=O) groups is 1. The summed E-state index contributed by atoms with van der Waals surface area (Å²) in [5.41, 5.74) is 2.13. The molecule has 5 heteroatoms. The molecule has 0 fully saturated rings. The Morgan fingerprint density at radius 1 is 1.58 bits per heavy atom. The minimum absolute atomic E-state index is 0.101. The maximum absolute atomic E-state index is 12.6. The summed E-state index contributed by atoms with van der Waals surface area (Å²) < 4.78 is 12.6. The Hall–Kier alpha value is -1.13. The summed E-state index contributed by atoms with van der Waals surface area (Å²) >= 11 is 5.42. The number of nitrogen functional groups attached to an aromatic ring is 1. The van der Waals surface area contributed by atoms with Crippen molar-refractivity contribution in [1.82, 2.24) is 5.43 Å². The number of halogens is 2. The van der Waals surface area contributed by atoms with Gasteiger partial charge in [-0.15, -0.1) is 0 Å². The van der Waals surface area contributed by atoms with Crippen LogP contribution in [0.25, 0.3) is 0 Å². The van der Waals surface area contributed by atoms with Gasteiger partial charge in [0.05, 0.1) is 5.02 Å². The molecule has 0 heterocycles. The Morgan fingerprint density at radius 3 is 2.75 bits per heavy atom. The molecule has 0 atom stereocenters. The van der Waals surface area contributed by atoms with E-state index in [-0.39, 0.29) is 10.6 Å². The summed E-state index contributed by atoms with van der Waals surface area (Å²) in [5, 5.41) is -0.101. The van der Waals surface area contributed by atoms with Crippen molar-refractivity contribution < 1.29 is 9.18 Å². The Labute approximate surface area is 73.3 Å². The van der Waals surface area contributed by atoms with E-state index in [4.69, 9.17) is 17.4 Å². The average molecular weight is 189 g/mol. The lowest BCUT2D eigenvalue weighted by Crippen LogP contribution is -2.29. The van der Waals surface area contributed by atoms with E-state index in [1.165, 1.54) is 12.1 Å². The number of hydrazine groups is 1. The molecule has 0 saturated carbocycles. The molecule has 0 aliphatic heterocycles. The van der Waals surface area contributed by atoms with E-state index in [1.807, 2.05) is 5.43 Å². The van der Waals surface area contributed by atoms with Crippen LogP contribution in [0.3, 0.4) is 0 Å². The summed E-state index contributed by atoms with van der Waals surface area (Å²) in [6.07, 6.45) is 0. The summed E-state index contributed by atoms with van der Waals surface area (Å²) in [5.74, 6) is 3.79. The molecule has 0 radical (unpaired) electrons. The zero-order chi connectivity index (χ0) is 9.14. The van der Waals surface area contributed by atoms with Crippen LogP contribution < -0.4 is 11.3 Å². The second-order valence-corrected chi connectivity index (χ2v) is 2.51. The van der Waals surface area contributed by atoms with E-state index >= 15 is 0 Å². The quantitative estimate of drug-likeness (QED) is 0.394. The second-order valence-electron chi connectivity index (χ2n) is 2.10. The second kappa shape index (κ2) is 3.51. The van der Waals surface area contributed by atoms with Crippen LogP contribution in [-0.4, -0.2) is 5.91 Å². The molecule has 0 saturated heterocycles. The molecule has 3 N–H and O–H groups in total. The first-order valence-electron chi connectivity index (χ1n) is 3.11. The topological polar surface area (TPSA) is 55.1 Å². The maximum Gasteiger partial charge on any atom is 0.265 e. The minimum atomic E-state index is -0.565. The summed E-state index contributed by atoms with van der Waals surface area (Å²) in [6.45, 7) is 0. The van der Waals surface area contributed by atoms with Crippen LogP contribution in [-0.2, 0) is 0 Å². The van der Waals surface area contributed by atoms with Gasteiger partial charge < -0.3 is 0 Å². The molecule has 1 aromatic carbocycles. The molecule has 0 aliphatic rings. The van der Waals surface area contributed by atoms with Crippen molar-refractivity contribution in [2.75, 3.05) is 0 Å². The molecule has 0 aliphatic carbocycles. The number of nitrogens with two attached hydrogens (primary N) is 1. The lowest BCUT2D eigenvalue weighted by molar-refractivity contribution is 0.0953. The number of rotatable bonds is 1. The van der Waals surface area contributed by atoms with E-state index in [9.17, 15) is 9.18 Å². The Morgan fingerprint density at radius 2 is 2.25 bits per heavy atom. The average Bonchev–Trinajstić information content (AvgIpc) is 2.08. The highest BCUT2D eigenvalue weighted by Crippen LogP contribution is 2.15. The molecule has 1 rings (SSSR count). The Balaban J connectivity index is 3.05. The first kappa shape index (κ1) is 8.96. The highest BCUT2D eigenvalue weighted by Gasteiger charge is 2.06. The molecule has 12 heavy (non-hydrogen) atoms. The molecule has 0 bridgehead atoms. The van der Waals surface area contributed by atoms with E-state index < -0.39 is 11.7 Å². The van der Waals surface area contributed by atoms with E-state index in [0.29, 0.717) is 0 Å². The Kier molecular flexibility index (Phi) is 2.62. The van der Waals surface area contributed by atoms with Crippen LogP contribution >= 0.6 is 11.6 Å². The van der Waals surface area contributed by atoms with Gasteiger partial charge in [-0.05, 0) is 18.2 Å². The van der Waals surface area contributed by atoms with Crippen LogP contribution in [0.5, 0.6) is 0 Å². The van der Waals surface area contributed by atoms with Gasteiger partial charge in [-0.2, -0.15) is 0 Å². The molecular formula is C7H6ClFN2O.